The van der Waals surface area contributed by atoms with E-state index in [1.165, 1.54) is 0 Å². The highest BCUT2D eigenvalue weighted by atomic mass is 16.5. The molecule has 10 heteroatoms. The molecule has 1 aliphatic heterocycles. The molecule has 0 aromatic heterocycles. The van der Waals surface area contributed by atoms with Crippen LogP contribution in [0.4, 0.5) is 5.69 Å². The van der Waals surface area contributed by atoms with Crippen molar-refractivity contribution in [3.8, 4) is 11.5 Å². The van der Waals surface area contributed by atoms with Gasteiger partial charge in [-0.15, -0.1) is 0 Å². The number of carbonyl (C=O) groups is 3. The van der Waals surface area contributed by atoms with Gasteiger partial charge in [-0.25, -0.2) is 4.79 Å². The van der Waals surface area contributed by atoms with Gasteiger partial charge in [0.25, 0.3) is 5.91 Å². The van der Waals surface area contributed by atoms with Crippen molar-refractivity contribution in [3.63, 3.8) is 0 Å². The van der Waals surface area contributed by atoms with Crippen molar-refractivity contribution in [3.05, 3.63) is 52.1 Å². The number of hydrogen-bond acceptors (Lipinski definition) is 7. The van der Waals surface area contributed by atoms with Gasteiger partial charge in [0.1, 0.15) is 17.3 Å². The number of amidine groups is 1. The summed E-state index contributed by atoms with van der Waals surface area (Å²) in [4.78, 5) is 42.0. The number of rotatable bonds is 13. The van der Waals surface area contributed by atoms with Gasteiger partial charge in [-0.1, -0.05) is 27.7 Å². The lowest BCUT2D eigenvalue weighted by molar-refractivity contribution is -0.145. The SMILES string of the molecule is CCOc1cc2c(cc1C(=O)NC)C(=N)N(CC(=O)c1cc(N(CC)CC)c(OC(CC)C(=O)O)c(C(C)(C)C)c1)C2. The summed E-state index contributed by atoms with van der Waals surface area (Å²) in [6, 6.07) is 7.00. The number of hydrogen-bond donors (Lipinski definition) is 3. The number of carbonyl (C=O) groups excluding carboxylic acids is 2. The van der Waals surface area contributed by atoms with E-state index in [-0.39, 0.29) is 24.1 Å². The third-order valence-corrected chi connectivity index (χ3v) is 7.45. The molecule has 0 spiro atoms. The van der Waals surface area contributed by atoms with Gasteiger partial charge >= 0.3 is 5.97 Å². The van der Waals surface area contributed by atoms with Gasteiger partial charge in [-0.05, 0) is 62.4 Å². The first-order chi connectivity index (χ1) is 19.8. The topological polar surface area (TPSA) is 132 Å². The van der Waals surface area contributed by atoms with E-state index >= 15 is 0 Å². The van der Waals surface area contributed by atoms with Crippen LogP contribution in [0, 0.1) is 5.41 Å². The molecular weight excluding hydrogens is 536 g/mol. The third kappa shape index (κ3) is 6.69. The molecule has 1 amide bonds. The number of aliphatic carboxylic acids is 1. The molecule has 0 radical (unpaired) electrons. The number of carboxylic acid groups (broad SMARTS) is 1. The Balaban J connectivity index is 2.04. The Bertz CT molecular complexity index is 1360. The van der Waals surface area contributed by atoms with E-state index < -0.39 is 17.5 Å². The summed E-state index contributed by atoms with van der Waals surface area (Å²) < 4.78 is 11.9. The summed E-state index contributed by atoms with van der Waals surface area (Å²) in [5.74, 6) is -0.445. The summed E-state index contributed by atoms with van der Waals surface area (Å²) in [7, 11) is 1.54. The number of nitrogens with one attached hydrogen (secondary N) is 2. The minimum absolute atomic E-state index is 0.0407. The van der Waals surface area contributed by atoms with Crippen LogP contribution in [0.2, 0.25) is 0 Å². The number of anilines is 1. The van der Waals surface area contributed by atoms with E-state index in [2.05, 4.69) is 10.2 Å². The van der Waals surface area contributed by atoms with Gasteiger partial charge in [0.2, 0.25) is 0 Å². The second-order valence-electron chi connectivity index (χ2n) is 11.3. The first-order valence-corrected chi connectivity index (χ1v) is 14.5. The monoisotopic (exact) mass is 580 g/mol. The van der Waals surface area contributed by atoms with Gasteiger partial charge in [0, 0.05) is 43.4 Å². The van der Waals surface area contributed by atoms with Crippen molar-refractivity contribution in [2.75, 3.05) is 38.2 Å². The number of Topliss-reactive ketones (excluding diaryl/α,β-unsaturated/α-hetero) is 1. The molecule has 2 aromatic rings. The molecule has 42 heavy (non-hydrogen) atoms. The maximum absolute atomic E-state index is 13.8. The zero-order chi connectivity index (χ0) is 31.4. The Morgan fingerprint density at radius 2 is 1.76 bits per heavy atom. The maximum Gasteiger partial charge on any atom is 0.344 e. The van der Waals surface area contributed by atoms with Crippen LogP contribution in [0.1, 0.15) is 92.3 Å². The Hall–Kier alpha value is -4.08. The minimum Gasteiger partial charge on any atom is -0.493 e. The molecule has 1 atom stereocenters. The van der Waals surface area contributed by atoms with Gasteiger partial charge in [0.15, 0.2) is 11.9 Å². The van der Waals surface area contributed by atoms with E-state index in [0.29, 0.717) is 66.5 Å². The molecule has 0 saturated heterocycles. The van der Waals surface area contributed by atoms with Gasteiger partial charge in [-0.3, -0.25) is 15.0 Å². The van der Waals surface area contributed by atoms with Crippen LogP contribution >= 0.6 is 0 Å². The molecule has 0 bridgehead atoms. The van der Waals surface area contributed by atoms with Crippen LogP contribution in [0.15, 0.2) is 24.3 Å². The zero-order valence-corrected chi connectivity index (χ0v) is 26.0. The van der Waals surface area contributed by atoms with Crippen molar-refractivity contribution in [1.82, 2.24) is 10.2 Å². The fourth-order valence-electron chi connectivity index (χ4n) is 5.12. The van der Waals surface area contributed by atoms with E-state index in [1.54, 1.807) is 43.1 Å². The van der Waals surface area contributed by atoms with Crippen LogP contribution in [0.3, 0.4) is 0 Å². The average molecular weight is 581 g/mol. The number of benzene rings is 2. The lowest BCUT2D eigenvalue weighted by Crippen LogP contribution is -2.32. The smallest absolute Gasteiger partial charge is 0.344 e. The van der Waals surface area contributed by atoms with Crippen molar-refractivity contribution in [1.29, 1.82) is 5.41 Å². The van der Waals surface area contributed by atoms with Crippen molar-refractivity contribution in [2.45, 2.75) is 73.0 Å². The van der Waals surface area contributed by atoms with E-state index in [4.69, 9.17) is 14.9 Å². The van der Waals surface area contributed by atoms with Gasteiger partial charge < -0.3 is 29.7 Å². The van der Waals surface area contributed by atoms with Gasteiger partial charge in [-0.2, -0.15) is 0 Å². The maximum atomic E-state index is 13.8. The quantitative estimate of drug-likeness (QED) is 0.286. The molecule has 1 heterocycles. The highest BCUT2D eigenvalue weighted by molar-refractivity contribution is 6.08. The largest absolute Gasteiger partial charge is 0.493 e. The molecule has 0 fully saturated rings. The molecule has 1 aliphatic rings. The molecule has 3 rings (SSSR count). The number of nitrogens with zero attached hydrogens (tertiary/aromatic N) is 2. The zero-order valence-electron chi connectivity index (χ0n) is 26.0. The summed E-state index contributed by atoms with van der Waals surface area (Å²) in [5, 5.41) is 21.2. The highest BCUT2D eigenvalue weighted by Gasteiger charge is 2.32. The second-order valence-corrected chi connectivity index (χ2v) is 11.3. The Kier molecular flexibility index (Phi) is 10.2. The Morgan fingerprint density at radius 3 is 2.29 bits per heavy atom. The minimum atomic E-state index is -1.04. The van der Waals surface area contributed by atoms with Crippen LogP contribution in [0.5, 0.6) is 11.5 Å². The lowest BCUT2D eigenvalue weighted by Gasteiger charge is -2.32. The predicted octanol–water partition coefficient (Wildman–Crippen LogP) is 4.85. The summed E-state index contributed by atoms with van der Waals surface area (Å²) in [5.41, 5.74) is 3.17. The van der Waals surface area contributed by atoms with E-state index in [9.17, 15) is 19.5 Å². The fraction of sp³-hybridized carbons (Fsp3) is 0.500. The Labute approximate surface area is 248 Å². The third-order valence-electron chi connectivity index (χ3n) is 7.45. The average Bonchev–Trinajstić information content (AvgIpc) is 3.24. The number of fused-ring (bicyclic) bond motifs is 1. The molecule has 3 N–H and O–H groups in total. The molecule has 0 aliphatic carbocycles. The number of carboxylic acids is 1. The molecule has 228 valence electrons. The molecule has 10 nitrogen and oxygen atoms in total. The van der Waals surface area contributed by atoms with Crippen molar-refractivity contribution in [2.24, 2.45) is 0 Å². The van der Waals surface area contributed by atoms with Crippen LogP contribution < -0.4 is 19.7 Å². The number of ketones is 1. The Morgan fingerprint density at radius 1 is 1.10 bits per heavy atom. The van der Waals surface area contributed by atoms with Crippen LogP contribution in [-0.2, 0) is 16.8 Å². The second kappa shape index (κ2) is 13.3. The first kappa shape index (κ1) is 32.4. The molecule has 2 aromatic carbocycles. The summed E-state index contributed by atoms with van der Waals surface area (Å²) >= 11 is 0. The highest BCUT2D eigenvalue weighted by Crippen LogP contribution is 2.41. The van der Waals surface area contributed by atoms with E-state index in [1.807, 2.05) is 41.5 Å². The standard InChI is InChI=1S/C32H44N4O6/c1-9-26(31(39)40)42-28-23(32(5,6)7)13-19(14-24(28)35(10-2)11-3)25(37)18-36-17-20-15-27(41-12-4)22(30(38)34-8)16-21(20)29(36)33/h13-16,26,33H,9-12,17-18H2,1-8H3,(H,34,38)(H,39,40). The first-order valence-electron chi connectivity index (χ1n) is 14.5. The molecule has 1 unspecified atom stereocenters. The summed E-state index contributed by atoms with van der Waals surface area (Å²) in [6.45, 7) is 15.6. The molecule has 0 saturated carbocycles. The lowest BCUT2D eigenvalue weighted by atomic mass is 9.84. The normalized spacial score (nSPS) is 13.4. The number of amides is 1. The van der Waals surface area contributed by atoms with Crippen molar-refractivity contribution >= 4 is 29.2 Å². The number of ether oxygens (including phenoxy) is 2. The predicted molar refractivity (Wildman–Crippen MR) is 164 cm³/mol. The van der Waals surface area contributed by atoms with Crippen LogP contribution in [-0.4, -0.2) is 72.9 Å². The van der Waals surface area contributed by atoms with E-state index in [0.717, 1.165) is 11.1 Å². The van der Waals surface area contributed by atoms with Gasteiger partial charge in [0.05, 0.1) is 24.4 Å². The van der Waals surface area contributed by atoms with Crippen molar-refractivity contribution < 1.29 is 29.0 Å². The summed E-state index contributed by atoms with van der Waals surface area (Å²) in [6.07, 6.45) is -0.728. The molecular formula is C32H44N4O6. The van der Waals surface area contributed by atoms with Crippen LogP contribution in [0.25, 0.3) is 0 Å². The fourth-order valence-corrected chi connectivity index (χ4v) is 5.12.